The maximum absolute atomic E-state index is 13.7. The summed E-state index contributed by atoms with van der Waals surface area (Å²) in [6, 6.07) is 3.48. The summed E-state index contributed by atoms with van der Waals surface area (Å²) in [6.07, 6.45) is 0.140. The molecule has 0 atom stereocenters. The smallest absolute Gasteiger partial charge is 0.413 e. The molecule has 8 heteroatoms. The van der Waals surface area contributed by atoms with E-state index in [4.69, 9.17) is 0 Å². The van der Waals surface area contributed by atoms with Gasteiger partial charge in [-0.1, -0.05) is 11.3 Å². The number of benzene rings is 1. The zero-order valence-electron chi connectivity index (χ0n) is 12.4. The fourth-order valence-corrected chi connectivity index (χ4v) is 3.52. The van der Waals surface area contributed by atoms with Crippen LogP contribution in [0.1, 0.15) is 16.1 Å². The van der Waals surface area contributed by atoms with E-state index in [-0.39, 0.29) is 0 Å². The minimum absolute atomic E-state index is 0.334. The molecule has 0 unspecified atom stereocenters. The second-order valence-electron chi connectivity index (χ2n) is 5.20. The summed E-state index contributed by atoms with van der Waals surface area (Å²) in [5, 5.41) is 3.03. The van der Waals surface area contributed by atoms with Crippen molar-refractivity contribution in [3.05, 3.63) is 46.0 Å². The highest BCUT2D eigenvalue weighted by molar-refractivity contribution is 7.15. The number of amides is 1. The summed E-state index contributed by atoms with van der Waals surface area (Å²) >= 11 is 1.37. The molecular formula is C15H15F2N3O2S. The lowest BCUT2D eigenvalue weighted by atomic mass is 10.1. The van der Waals surface area contributed by atoms with Crippen LogP contribution in [0.3, 0.4) is 0 Å². The molecule has 5 nitrogen and oxygen atoms in total. The van der Waals surface area contributed by atoms with Crippen LogP contribution in [0, 0.1) is 11.6 Å². The van der Waals surface area contributed by atoms with E-state index in [1.807, 2.05) is 4.90 Å². The Balaban J connectivity index is 1.70. The number of carbonyl (C=O) groups is 1. The molecule has 1 aromatic carbocycles. The highest BCUT2D eigenvalue weighted by atomic mass is 32.1. The third-order valence-corrected chi connectivity index (χ3v) is 4.60. The summed E-state index contributed by atoms with van der Waals surface area (Å²) in [5.74, 6) is -0.851. The van der Waals surface area contributed by atoms with Crippen molar-refractivity contribution in [1.82, 2.24) is 9.88 Å². The Morgan fingerprint density at radius 2 is 2.30 bits per heavy atom. The number of carbonyl (C=O) groups excluding carboxylic acids is 1. The molecule has 1 N–H and O–H groups in total. The number of hydrogen-bond acceptors (Lipinski definition) is 5. The number of fused-ring (bicyclic) bond motifs is 1. The Labute approximate surface area is 135 Å². The van der Waals surface area contributed by atoms with Gasteiger partial charge in [-0.05, 0) is 18.2 Å². The molecule has 23 heavy (non-hydrogen) atoms. The van der Waals surface area contributed by atoms with Crippen LogP contribution in [-0.2, 0) is 24.2 Å². The van der Waals surface area contributed by atoms with Crippen LogP contribution >= 0.6 is 11.3 Å². The molecule has 2 heterocycles. The van der Waals surface area contributed by atoms with Crippen LogP contribution in [0.25, 0.3) is 0 Å². The fraction of sp³-hybridized carbons (Fsp3) is 0.333. The third kappa shape index (κ3) is 3.65. The zero-order chi connectivity index (χ0) is 16.4. The lowest BCUT2D eigenvalue weighted by Gasteiger charge is -2.25. The molecule has 122 valence electrons. The molecule has 0 fully saturated rings. The Hall–Kier alpha value is -2.06. The minimum Gasteiger partial charge on any atom is -0.453 e. The van der Waals surface area contributed by atoms with E-state index in [1.165, 1.54) is 24.5 Å². The summed E-state index contributed by atoms with van der Waals surface area (Å²) in [4.78, 5) is 18.6. The molecule has 0 radical (unpaired) electrons. The molecule has 0 aliphatic carbocycles. The average molecular weight is 339 g/mol. The summed E-state index contributed by atoms with van der Waals surface area (Å²) in [6.45, 7) is 1.62. The predicted molar refractivity (Wildman–Crippen MR) is 82.3 cm³/mol. The average Bonchev–Trinajstić information content (AvgIpc) is 2.92. The van der Waals surface area contributed by atoms with Crippen molar-refractivity contribution in [2.45, 2.75) is 19.5 Å². The van der Waals surface area contributed by atoms with Crippen molar-refractivity contribution in [3.63, 3.8) is 0 Å². The molecule has 1 aromatic heterocycles. The van der Waals surface area contributed by atoms with E-state index in [0.717, 1.165) is 22.7 Å². The first kappa shape index (κ1) is 15.8. The second kappa shape index (κ2) is 6.59. The van der Waals surface area contributed by atoms with E-state index in [2.05, 4.69) is 15.0 Å². The highest BCUT2D eigenvalue weighted by Crippen LogP contribution is 2.29. The maximum Gasteiger partial charge on any atom is 0.413 e. The summed E-state index contributed by atoms with van der Waals surface area (Å²) < 4.78 is 31.5. The number of halogens is 2. The van der Waals surface area contributed by atoms with Gasteiger partial charge in [-0.25, -0.2) is 18.6 Å². The molecule has 3 rings (SSSR count). The Bertz CT molecular complexity index is 736. The van der Waals surface area contributed by atoms with Crippen LogP contribution in [0.5, 0.6) is 0 Å². The number of nitrogens with zero attached hydrogens (tertiary/aromatic N) is 2. The molecular weight excluding hydrogens is 324 g/mol. The molecule has 1 amide bonds. The standard InChI is InChI=1S/C15H15F2N3O2S/c1-22-15(21)19-14-18-12-4-5-20(8-13(12)23-14)7-9-6-10(16)2-3-11(9)17/h2-3,6H,4-5,7-8H2,1H3,(H,18,19,21). The van der Waals surface area contributed by atoms with Gasteiger partial charge in [-0.15, -0.1) is 0 Å². The maximum atomic E-state index is 13.7. The lowest BCUT2D eigenvalue weighted by molar-refractivity contribution is 0.187. The lowest BCUT2D eigenvalue weighted by Crippen LogP contribution is -2.29. The monoisotopic (exact) mass is 339 g/mol. The van der Waals surface area contributed by atoms with Crippen LogP contribution in [0.4, 0.5) is 18.7 Å². The second-order valence-corrected chi connectivity index (χ2v) is 6.29. The topological polar surface area (TPSA) is 54.5 Å². The number of thiazole rings is 1. The van der Waals surface area contributed by atoms with Gasteiger partial charge in [0.25, 0.3) is 0 Å². The van der Waals surface area contributed by atoms with Crippen molar-refractivity contribution >= 4 is 22.6 Å². The number of anilines is 1. The Morgan fingerprint density at radius 1 is 1.48 bits per heavy atom. The van der Waals surface area contributed by atoms with Gasteiger partial charge < -0.3 is 4.74 Å². The van der Waals surface area contributed by atoms with Crippen LogP contribution in [-0.4, -0.2) is 29.6 Å². The number of rotatable bonds is 3. The molecule has 0 saturated heterocycles. The van der Waals surface area contributed by atoms with Crippen molar-refractivity contribution < 1.29 is 18.3 Å². The first-order chi connectivity index (χ1) is 11.0. The normalized spacial score (nSPS) is 14.4. The number of aromatic nitrogens is 1. The molecule has 0 bridgehead atoms. The summed E-state index contributed by atoms with van der Waals surface area (Å²) in [7, 11) is 1.29. The molecule has 1 aliphatic heterocycles. The van der Waals surface area contributed by atoms with Gasteiger partial charge in [-0.3, -0.25) is 10.2 Å². The fourth-order valence-electron chi connectivity index (χ4n) is 2.48. The predicted octanol–water partition coefficient (Wildman–Crippen LogP) is 3.16. The van der Waals surface area contributed by atoms with E-state index >= 15 is 0 Å². The van der Waals surface area contributed by atoms with E-state index in [9.17, 15) is 13.6 Å². The van der Waals surface area contributed by atoms with E-state index in [1.54, 1.807) is 0 Å². The van der Waals surface area contributed by atoms with Gasteiger partial charge in [0, 0.05) is 36.5 Å². The highest BCUT2D eigenvalue weighted by Gasteiger charge is 2.22. The number of nitrogens with one attached hydrogen (secondary N) is 1. The minimum atomic E-state index is -0.560. The Morgan fingerprint density at radius 3 is 3.09 bits per heavy atom. The van der Waals surface area contributed by atoms with Gasteiger partial charge in [0.2, 0.25) is 0 Å². The first-order valence-corrected chi connectivity index (χ1v) is 7.86. The number of methoxy groups -OCH3 is 1. The van der Waals surface area contributed by atoms with Gasteiger partial charge in [0.05, 0.1) is 12.8 Å². The van der Waals surface area contributed by atoms with Crippen molar-refractivity contribution in [2.75, 3.05) is 19.0 Å². The number of hydrogen-bond donors (Lipinski definition) is 1. The summed E-state index contributed by atoms with van der Waals surface area (Å²) in [5.41, 5.74) is 1.27. The van der Waals surface area contributed by atoms with Crippen LogP contribution in [0.15, 0.2) is 18.2 Å². The number of ether oxygens (including phenoxy) is 1. The van der Waals surface area contributed by atoms with E-state index < -0.39 is 17.7 Å². The van der Waals surface area contributed by atoms with Crippen LogP contribution in [0.2, 0.25) is 0 Å². The van der Waals surface area contributed by atoms with Crippen LogP contribution < -0.4 is 5.32 Å². The first-order valence-electron chi connectivity index (χ1n) is 7.05. The SMILES string of the molecule is COC(=O)Nc1nc2c(s1)CN(Cc1cc(F)ccc1F)CC2. The van der Waals surface area contributed by atoms with Gasteiger partial charge >= 0.3 is 6.09 Å². The van der Waals surface area contributed by atoms with Gasteiger partial charge in [0.1, 0.15) is 11.6 Å². The molecule has 0 saturated carbocycles. The van der Waals surface area contributed by atoms with Crippen molar-refractivity contribution in [2.24, 2.45) is 0 Å². The molecule has 2 aromatic rings. The Kier molecular flexibility index (Phi) is 4.53. The van der Waals surface area contributed by atoms with E-state index in [0.29, 0.717) is 36.8 Å². The third-order valence-electron chi connectivity index (χ3n) is 3.61. The largest absolute Gasteiger partial charge is 0.453 e. The quantitative estimate of drug-likeness (QED) is 0.933. The molecule has 0 spiro atoms. The van der Waals surface area contributed by atoms with Crippen molar-refractivity contribution in [3.8, 4) is 0 Å². The zero-order valence-corrected chi connectivity index (χ0v) is 13.3. The molecule has 1 aliphatic rings. The van der Waals surface area contributed by atoms with Crippen molar-refractivity contribution in [1.29, 1.82) is 0 Å². The van der Waals surface area contributed by atoms with Gasteiger partial charge in [0.15, 0.2) is 5.13 Å². The van der Waals surface area contributed by atoms with Gasteiger partial charge in [-0.2, -0.15) is 0 Å².